The van der Waals surface area contributed by atoms with E-state index in [2.05, 4.69) is 0 Å². The topological polar surface area (TPSA) is 121 Å². The van der Waals surface area contributed by atoms with Crippen LogP contribution in [-0.4, -0.2) is 90.8 Å². The average Bonchev–Trinajstić information content (AvgIpc) is 2.66. The molecule has 168 valence electrons. The van der Waals surface area contributed by atoms with E-state index in [1.165, 1.54) is 6.07 Å². The molecular formula is C19H32O9S. The van der Waals surface area contributed by atoms with Crippen molar-refractivity contribution in [3.63, 3.8) is 0 Å². The molecule has 0 heterocycles. The average molecular weight is 437 g/mol. The number of ether oxygens (including phenoxy) is 5. The summed E-state index contributed by atoms with van der Waals surface area (Å²) in [6.45, 7) is 6.02. The highest BCUT2D eigenvalue weighted by Crippen LogP contribution is 2.17. The molecule has 0 spiro atoms. The van der Waals surface area contributed by atoms with Crippen LogP contribution in [0.5, 0.6) is 0 Å². The first-order chi connectivity index (χ1) is 13.9. The van der Waals surface area contributed by atoms with E-state index in [0.29, 0.717) is 78.1 Å². The van der Waals surface area contributed by atoms with Crippen molar-refractivity contribution in [2.24, 2.45) is 0 Å². The van der Waals surface area contributed by atoms with Crippen molar-refractivity contribution in [2.45, 2.75) is 18.2 Å². The van der Waals surface area contributed by atoms with Gasteiger partial charge in [0.1, 0.15) is 0 Å². The van der Waals surface area contributed by atoms with Crippen LogP contribution in [0.2, 0.25) is 0 Å². The molecule has 0 aromatic heterocycles. The quantitative estimate of drug-likeness (QED) is 0.255. The van der Waals surface area contributed by atoms with Crippen molar-refractivity contribution in [3.8, 4) is 0 Å². The van der Waals surface area contributed by atoms with E-state index < -0.39 is 10.1 Å². The van der Waals surface area contributed by atoms with E-state index in [1.807, 2.05) is 6.92 Å². The van der Waals surface area contributed by atoms with Crippen LogP contribution in [0.15, 0.2) is 23.1 Å². The lowest BCUT2D eigenvalue weighted by Crippen LogP contribution is -2.14. The zero-order valence-electron chi connectivity index (χ0n) is 16.9. The van der Waals surface area contributed by atoms with Crippen molar-refractivity contribution >= 4 is 10.1 Å². The summed E-state index contributed by atoms with van der Waals surface area (Å²) in [5.74, 6) is 0. The summed E-state index contributed by atoms with van der Waals surface area (Å²) >= 11 is 0. The molecule has 0 saturated carbocycles. The van der Waals surface area contributed by atoms with E-state index in [-0.39, 0.29) is 11.5 Å². The molecule has 1 aromatic rings. The molecule has 0 aliphatic rings. The Morgan fingerprint density at radius 1 is 0.759 bits per heavy atom. The standard InChI is InChI=1S/C19H32O9S/c1-17-2-3-19(29(21,22)23)18(16-17)4-6-24-8-10-26-12-14-28-15-13-27-11-9-25-7-5-20/h2-3,16,20H,4-15H2,1H3,(H,21,22,23). The normalized spacial score (nSPS) is 11.8. The van der Waals surface area contributed by atoms with Crippen molar-refractivity contribution in [1.82, 2.24) is 0 Å². The Bertz CT molecular complexity index is 649. The zero-order valence-corrected chi connectivity index (χ0v) is 17.7. The van der Waals surface area contributed by atoms with Gasteiger partial charge < -0.3 is 28.8 Å². The summed E-state index contributed by atoms with van der Waals surface area (Å²) in [5, 5.41) is 8.53. The van der Waals surface area contributed by atoms with Gasteiger partial charge in [-0.05, 0) is 25.0 Å². The molecule has 9 nitrogen and oxygen atoms in total. The van der Waals surface area contributed by atoms with Gasteiger partial charge in [0.2, 0.25) is 0 Å². The molecule has 0 amide bonds. The van der Waals surface area contributed by atoms with Gasteiger partial charge in [-0.2, -0.15) is 8.42 Å². The molecule has 0 fully saturated rings. The van der Waals surface area contributed by atoms with E-state index in [9.17, 15) is 13.0 Å². The second-order valence-corrected chi connectivity index (χ2v) is 7.51. The molecule has 0 bridgehead atoms. The van der Waals surface area contributed by atoms with Crippen LogP contribution in [0.4, 0.5) is 0 Å². The summed E-state index contributed by atoms with van der Waals surface area (Å²) in [7, 11) is -4.24. The molecular weight excluding hydrogens is 404 g/mol. The number of hydrogen-bond donors (Lipinski definition) is 2. The van der Waals surface area contributed by atoms with Crippen LogP contribution in [0.1, 0.15) is 11.1 Å². The van der Waals surface area contributed by atoms with Crippen LogP contribution in [0.25, 0.3) is 0 Å². The summed E-state index contributed by atoms with van der Waals surface area (Å²) < 4.78 is 58.6. The van der Waals surface area contributed by atoms with Crippen molar-refractivity contribution in [2.75, 3.05) is 72.7 Å². The van der Waals surface area contributed by atoms with Gasteiger partial charge in [0.15, 0.2) is 0 Å². The zero-order chi connectivity index (χ0) is 21.4. The fourth-order valence-corrected chi connectivity index (χ4v) is 3.12. The van der Waals surface area contributed by atoms with Gasteiger partial charge in [-0.3, -0.25) is 4.55 Å². The number of hydrogen-bond acceptors (Lipinski definition) is 8. The minimum absolute atomic E-state index is 0.00977. The largest absolute Gasteiger partial charge is 0.394 e. The number of aryl methyl sites for hydroxylation is 1. The summed E-state index contributed by atoms with van der Waals surface area (Å²) in [5.41, 5.74) is 1.44. The van der Waals surface area contributed by atoms with Gasteiger partial charge in [0, 0.05) is 0 Å². The van der Waals surface area contributed by atoms with E-state index in [4.69, 9.17) is 28.8 Å². The maximum absolute atomic E-state index is 11.4. The number of rotatable bonds is 18. The van der Waals surface area contributed by atoms with Crippen LogP contribution >= 0.6 is 0 Å². The first-order valence-electron chi connectivity index (χ1n) is 9.51. The lowest BCUT2D eigenvalue weighted by Gasteiger charge is -2.10. The lowest BCUT2D eigenvalue weighted by atomic mass is 10.1. The molecule has 0 atom stereocenters. The van der Waals surface area contributed by atoms with Crippen LogP contribution in [0.3, 0.4) is 0 Å². The highest BCUT2D eigenvalue weighted by Gasteiger charge is 2.15. The Hall–Kier alpha value is -1.11. The van der Waals surface area contributed by atoms with Gasteiger partial charge >= 0.3 is 0 Å². The van der Waals surface area contributed by atoms with Gasteiger partial charge in [0.05, 0.1) is 77.6 Å². The molecule has 0 aliphatic heterocycles. The van der Waals surface area contributed by atoms with Gasteiger partial charge in [0.25, 0.3) is 10.1 Å². The molecule has 0 unspecified atom stereocenters. The molecule has 1 rings (SSSR count). The first kappa shape index (κ1) is 25.9. The molecule has 0 aliphatic carbocycles. The molecule has 0 saturated heterocycles. The molecule has 0 radical (unpaired) electrons. The third-order valence-corrected chi connectivity index (χ3v) is 4.69. The summed E-state index contributed by atoms with van der Waals surface area (Å²) in [4.78, 5) is -0.0817. The fourth-order valence-electron chi connectivity index (χ4n) is 2.38. The Morgan fingerprint density at radius 2 is 1.21 bits per heavy atom. The smallest absolute Gasteiger partial charge is 0.294 e. The monoisotopic (exact) mass is 436 g/mol. The van der Waals surface area contributed by atoms with Crippen molar-refractivity contribution < 1.29 is 41.8 Å². The Balaban J connectivity index is 1.98. The van der Waals surface area contributed by atoms with Crippen LogP contribution < -0.4 is 0 Å². The Morgan fingerprint density at radius 3 is 1.66 bits per heavy atom. The second kappa shape index (κ2) is 15.7. The highest BCUT2D eigenvalue weighted by molar-refractivity contribution is 7.85. The summed E-state index contributed by atoms with van der Waals surface area (Å²) in [6, 6.07) is 4.77. The van der Waals surface area contributed by atoms with E-state index in [1.54, 1.807) is 12.1 Å². The molecule has 10 heteroatoms. The third-order valence-electron chi connectivity index (χ3n) is 3.73. The predicted molar refractivity (Wildman–Crippen MR) is 106 cm³/mol. The lowest BCUT2D eigenvalue weighted by molar-refractivity contribution is -0.0131. The third kappa shape index (κ3) is 12.9. The number of aliphatic hydroxyl groups excluding tert-OH is 1. The maximum atomic E-state index is 11.4. The van der Waals surface area contributed by atoms with Crippen molar-refractivity contribution in [3.05, 3.63) is 29.3 Å². The highest BCUT2D eigenvalue weighted by atomic mass is 32.2. The fraction of sp³-hybridized carbons (Fsp3) is 0.684. The van der Waals surface area contributed by atoms with Gasteiger partial charge in [-0.15, -0.1) is 0 Å². The predicted octanol–water partition coefficient (Wildman–Crippen LogP) is 0.860. The minimum Gasteiger partial charge on any atom is -0.394 e. The Labute approximate surface area is 172 Å². The molecule has 29 heavy (non-hydrogen) atoms. The minimum atomic E-state index is -4.24. The Kier molecular flexibility index (Phi) is 14.0. The SMILES string of the molecule is Cc1ccc(S(=O)(=O)O)c(CCOCCOCCOCCOCCOCCO)c1. The van der Waals surface area contributed by atoms with Crippen molar-refractivity contribution in [1.29, 1.82) is 0 Å². The van der Waals surface area contributed by atoms with E-state index >= 15 is 0 Å². The first-order valence-corrected chi connectivity index (χ1v) is 11.0. The van der Waals surface area contributed by atoms with Gasteiger partial charge in [-0.25, -0.2) is 0 Å². The van der Waals surface area contributed by atoms with Crippen LogP contribution in [-0.2, 0) is 40.2 Å². The molecule has 1 aromatic carbocycles. The van der Waals surface area contributed by atoms with Crippen LogP contribution in [0, 0.1) is 6.92 Å². The second-order valence-electron chi connectivity index (χ2n) is 6.12. The summed E-state index contributed by atoms with van der Waals surface area (Å²) in [6.07, 6.45) is 0.380. The number of benzene rings is 1. The van der Waals surface area contributed by atoms with Gasteiger partial charge in [-0.1, -0.05) is 17.7 Å². The maximum Gasteiger partial charge on any atom is 0.294 e. The van der Waals surface area contributed by atoms with E-state index in [0.717, 1.165) is 5.56 Å². The number of aliphatic hydroxyl groups is 1. The molecule has 2 N–H and O–H groups in total.